The van der Waals surface area contributed by atoms with Gasteiger partial charge in [0.15, 0.2) is 11.2 Å². The van der Waals surface area contributed by atoms with Crippen LogP contribution in [0.4, 0.5) is 0 Å². The van der Waals surface area contributed by atoms with Crippen LogP contribution in [-0.2, 0) is 0 Å². The second kappa shape index (κ2) is 4.79. The van der Waals surface area contributed by atoms with Crippen LogP contribution in [0.1, 0.15) is 0 Å². The molecule has 0 aliphatic heterocycles. The first-order chi connectivity index (χ1) is 11.4. The predicted molar refractivity (Wildman–Crippen MR) is 90.3 cm³/mol. The molecule has 0 aliphatic carbocycles. The maximum atomic E-state index is 5.86. The van der Waals surface area contributed by atoms with Crippen molar-refractivity contribution in [1.29, 1.82) is 0 Å². The fourth-order valence-electron chi connectivity index (χ4n) is 2.63. The van der Waals surface area contributed by atoms with Crippen molar-refractivity contribution in [2.75, 3.05) is 0 Å². The molecule has 110 valence electrons. The molecule has 5 rings (SSSR count). The van der Waals surface area contributed by atoms with Crippen molar-refractivity contribution in [1.82, 2.24) is 9.97 Å². The van der Waals surface area contributed by atoms with Crippen LogP contribution in [0.5, 0.6) is 0 Å². The lowest BCUT2D eigenvalue weighted by molar-refractivity contribution is 0.550. The van der Waals surface area contributed by atoms with Gasteiger partial charge in [-0.15, -0.1) is 11.3 Å². The van der Waals surface area contributed by atoms with Gasteiger partial charge in [0.1, 0.15) is 11.0 Å². The van der Waals surface area contributed by atoms with Crippen molar-refractivity contribution in [3.8, 4) is 22.2 Å². The monoisotopic (exact) mass is 318 g/mol. The smallest absolute Gasteiger partial charge is 0.284 e. The van der Waals surface area contributed by atoms with Crippen LogP contribution in [0, 0.1) is 0 Å². The van der Waals surface area contributed by atoms with Gasteiger partial charge in [-0.1, -0.05) is 30.3 Å². The summed E-state index contributed by atoms with van der Waals surface area (Å²) in [7, 11) is 0. The Morgan fingerprint density at radius 2 is 1.57 bits per heavy atom. The van der Waals surface area contributed by atoms with Gasteiger partial charge in [0.25, 0.3) is 11.8 Å². The zero-order chi connectivity index (χ0) is 15.2. The molecule has 0 fully saturated rings. The summed E-state index contributed by atoms with van der Waals surface area (Å²) >= 11 is 1.68. The molecule has 0 saturated carbocycles. The molecular weight excluding hydrogens is 308 g/mol. The van der Waals surface area contributed by atoms with Crippen LogP contribution in [-0.4, -0.2) is 9.97 Å². The minimum absolute atomic E-state index is 0.402. The Bertz CT molecular complexity index is 1090. The van der Waals surface area contributed by atoms with Gasteiger partial charge in [-0.05, 0) is 29.6 Å². The summed E-state index contributed by atoms with van der Waals surface area (Å²) in [5.41, 5.74) is 4.13. The topological polar surface area (TPSA) is 52.1 Å². The summed E-state index contributed by atoms with van der Waals surface area (Å²) in [6.45, 7) is 0. The van der Waals surface area contributed by atoms with Gasteiger partial charge in [0.2, 0.25) is 0 Å². The molecule has 2 aromatic carbocycles. The lowest BCUT2D eigenvalue weighted by Crippen LogP contribution is -1.78. The Kier molecular flexibility index (Phi) is 2.63. The van der Waals surface area contributed by atoms with E-state index in [9.17, 15) is 0 Å². The second-order valence-electron chi connectivity index (χ2n) is 5.14. The lowest BCUT2D eigenvalue weighted by atomic mass is 10.1. The molecule has 0 saturated heterocycles. The van der Waals surface area contributed by atoms with Crippen LogP contribution in [0.15, 0.2) is 68.8 Å². The Labute approximate surface area is 135 Å². The fraction of sp³-hybridized carbons (Fsp3) is 0. The molecule has 3 aromatic heterocycles. The summed E-state index contributed by atoms with van der Waals surface area (Å²) in [5.74, 6) is 0.805. The number of aromatic nitrogens is 2. The van der Waals surface area contributed by atoms with Crippen molar-refractivity contribution in [3.63, 3.8) is 0 Å². The lowest BCUT2D eigenvalue weighted by Gasteiger charge is -1.96. The normalized spacial score (nSPS) is 11.5. The van der Waals surface area contributed by atoms with E-state index in [2.05, 4.69) is 21.4 Å². The van der Waals surface area contributed by atoms with Crippen molar-refractivity contribution < 1.29 is 8.83 Å². The highest BCUT2D eigenvalue weighted by Crippen LogP contribution is 2.34. The van der Waals surface area contributed by atoms with Crippen molar-refractivity contribution in [3.05, 3.63) is 60.0 Å². The van der Waals surface area contributed by atoms with Crippen LogP contribution >= 0.6 is 11.3 Å². The first-order valence-electron chi connectivity index (χ1n) is 7.18. The number of nitrogens with zero attached hydrogens (tertiary/aromatic N) is 2. The molecule has 0 bridgehead atoms. The van der Waals surface area contributed by atoms with E-state index in [0.29, 0.717) is 11.8 Å². The average molecular weight is 318 g/mol. The highest BCUT2D eigenvalue weighted by molar-refractivity contribution is 7.13. The summed E-state index contributed by atoms with van der Waals surface area (Å²) in [6.07, 6.45) is 0. The third-order valence-corrected chi connectivity index (χ3v) is 4.59. The number of oxazole rings is 2. The summed E-state index contributed by atoms with van der Waals surface area (Å²) in [4.78, 5) is 10.2. The number of fused-ring (bicyclic) bond motifs is 2. The Hall–Kier alpha value is -2.92. The van der Waals surface area contributed by atoms with Gasteiger partial charge in [0, 0.05) is 10.4 Å². The third kappa shape index (κ3) is 1.98. The number of para-hydroxylation sites is 3. The van der Waals surface area contributed by atoms with Crippen LogP contribution in [0.2, 0.25) is 0 Å². The van der Waals surface area contributed by atoms with E-state index in [-0.39, 0.29) is 0 Å². The number of hydrogen-bond acceptors (Lipinski definition) is 5. The molecule has 5 aromatic rings. The van der Waals surface area contributed by atoms with Crippen LogP contribution in [0.3, 0.4) is 0 Å². The SMILES string of the molecule is c1csc(-c2cccc3oc(-c4nc5ccccc5o4)nc23)c1. The molecule has 0 radical (unpaired) electrons. The van der Waals surface area contributed by atoms with Crippen LogP contribution < -0.4 is 0 Å². The Morgan fingerprint density at radius 3 is 2.43 bits per heavy atom. The van der Waals surface area contributed by atoms with Gasteiger partial charge in [-0.3, -0.25) is 0 Å². The molecule has 0 unspecified atom stereocenters. The Balaban J connectivity index is 1.72. The second-order valence-corrected chi connectivity index (χ2v) is 6.08. The third-order valence-electron chi connectivity index (χ3n) is 3.68. The van der Waals surface area contributed by atoms with E-state index in [1.54, 1.807) is 11.3 Å². The van der Waals surface area contributed by atoms with Gasteiger partial charge < -0.3 is 8.83 Å². The molecule has 3 heterocycles. The van der Waals surface area contributed by atoms with E-state index in [0.717, 1.165) is 32.6 Å². The minimum atomic E-state index is 0.402. The average Bonchev–Trinajstić information content (AvgIpc) is 3.31. The van der Waals surface area contributed by atoms with Gasteiger partial charge >= 0.3 is 0 Å². The molecule has 0 atom stereocenters. The molecule has 0 spiro atoms. The highest BCUT2D eigenvalue weighted by atomic mass is 32.1. The van der Waals surface area contributed by atoms with E-state index in [1.807, 2.05) is 48.5 Å². The largest absolute Gasteiger partial charge is 0.432 e. The van der Waals surface area contributed by atoms with Crippen molar-refractivity contribution in [2.24, 2.45) is 0 Å². The number of rotatable bonds is 2. The first kappa shape index (κ1) is 12.6. The summed E-state index contributed by atoms with van der Waals surface area (Å²) in [6, 6.07) is 17.7. The molecule has 23 heavy (non-hydrogen) atoms. The van der Waals surface area contributed by atoms with E-state index >= 15 is 0 Å². The minimum Gasteiger partial charge on any atom is -0.432 e. The standard InChI is InChI=1S/C18H10N2O2S/c1-2-7-13-12(6-1)19-17(21-13)18-20-16-11(15-9-4-10-23-15)5-3-8-14(16)22-18/h1-10H. The van der Waals surface area contributed by atoms with E-state index in [1.165, 1.54) is 0 Å². The molecule has 0 N–H and O–H groups in total. The number of hydrogen-bond donors (Lipinski definition) is 0. The molecule has 0 aliphatic rings. The van der Waals surface area contributed by atoms with Crippen molar-refractivity contribution in [2.45, 2.75) is 0 Å². The van der Waals surface area contributed by atoms with E-state index < -0.39 is 0 Å². The maximum Gasteiger partial charge on any atom is 0.284 e. The van der Waals surface area contributed by atoms with Gasteiger partial charge in [-0.25, -0.2) is 9.97 Å². The van der Waals surface area contributed by atoms with Gasteiger partial charge in [0.05, 0.1) is 0 Å². The maximum absolute atomic E-state index is 5.86. The molecule has 0 amide bonds. The molecule has 4 nitrogen and oxygen atoms in total. The predicted octanol–water partition coefficient (Wildman–Crippen LogP) is 5.36. The zero-order valence-corrected chi connectivity index (χ0v) is 12.7. The molecular formula is C18H10N2O2S. The number of benzene rings is 2. The van der Waals surface area contributed by atoms with E-state index in [4.69, 9.17) is 8.83 Å². The summed E-state index contributed by atoms with van der Waals surface area (Å²) in [5, 5.41) is 2.05. The Morgan fingerprint density at radius 1 is 0.739 bits per heavy atom. The highest BCUT2D eigenvalue weighted by Gasteiger charge is 2.17. The zero-order valence-electron chi connectivity index (χ0n) is 11.9. The quantitative estimate of drug-likeness (QED) is 0.439. The van der Waals surface area contributed by atoms with Crippen molar-refractivity contribution >= 4 is 33.5 Å². The first-order valence-corrected chi connectivity index (χ1v) is 8.06. The number of thiophene rings is 1. The fourth-order valence-corrected chi connectivity index (χ4v) is 3.39. The van der Waals surface area contributed by atoms with Crippen LogP contribution in [0.25, 0.3) is 44.4 Å². The van der Waals surface area contributed by atoms with Gasteiger partial charge in [-0.2, -0.15) is 0 Å². The summed E-state index contributed by atoms with van der Waals surface area (Å²) < 4.78 is 11.6. The molecule has 5 heteroatoms.